The van der Waals surface area contributed by atoms with Crippen LogP contribution in [0.2, 0.25) is 0 Å². The smallest absolute Gasteiger partial charge is 0.263 e. The molecular weight excluding hydrogens is 470 g/mol. The third-order valence-corrected chi connectivity index (χ3v) is 6.23. The van der Waals surface area contributed by atoms with Gasteiger partial charge in [0, 0.05) is 19.2 Å². The van der Waals surface area contributed by atoms with Crippen LogP contribution < -0.4 is 15.6 Å². The molecular formula is C29H31N3O5. The minimum Gasteiger partial charge on any atom is -0.497 e. The van der Waals surface area contributed by atoms with Crippen LogP contribution in [0.5, 0.6) is 5.75 Å². The number of amides is 1. The van der Waals surface area contributed by atoms with E-state index in [-0.39, 0.29) is 24.2 Å². The van der Waals surface area contributed by atoms with Gasteiger partial charge >= 0.3 is 0 Å². The Hall–Kier alpha value is -4.01. The Balaban J connectivity index is 1.50. The van der Waals surface area contributed by atoms with Gasteiger partial charge in [0.25, 0.3) is 11.5 Å². The van der Waals surface area contributed by atoms with Crippen LogP contribution in [0.15, 0.2) is 89.4 Å². The number of benzene rings is 2. The largest absolute Gasteiger partial charge is 0.497 e. The lowest BCUT2D eigenvalue weighted by atomic mass is 9.88. The first-order valence-corrected chi connectivity index (χ1v) is 12.1. The van der Waals surface area contributed by atoms with Crippen molar-refractivity contribution in [3.05, 3.63) is 117 Å². The summed E-state index contributed by atoms with van der Waals surface area (Å²) in [5.74, 6) is 0.645. The molecule has 1 heterocycles. The summed E-state index contributed by atoms with van der Waals surface area (Å²) in [6.07, 6.45) is 7.23. The lowest BCUT2D eigenvalue weighted by molar-refractivity contribution is 0.0935. The summed E-state index contributed by atoms with van der Waals surface area (Å²) in [5.41, 5.74) is 2.16. The van der Waals surface area contributed by atoms with Crippen LogP contribution in [0.1, 0.15) is 40.3 Å². The molecule has 1 aliphatic rings. The Morgan fingerprint density at radius 3 is 2.49 bits per heavy atom. The van der Waals surface area contributed by atoms with Gasteiger partial charge in [-0.3, -0.25) is 9.59 Å². The average molecular weight is 502 g/mol. The fourth-order valence-electron chi connectivity index (χ4n) is 4.19. The maximum absolute atomic E-state index is 13.2. The van der Waals surface area contributed by atoms with Gasteiger partial charge in [-0.15, -0.1) is 0 Å². The Labute approximate surface area is 216 Å². The van der Waals surface area contributed by atoms with Gasteiger partial charge in [-0.2, -0.15) is 0 Å². The van der Waals surface area contributed by atoms with E-state index in [9.17, 15) is 9.59 Å². The zero-order valence-corrected chi connectivity index (χ0v) is 21.1. The fourth-order valence-corrected chi connectivity index (χ4v) is 4.19. The molecule has 3 unspecified atom stereocenters. The van der Waals surface area contributed by atoms with Gasteiger partial charge < -0.3 is 24.5 Å². The van der Waals surface area contributed by atoms with Crippen molar-refractivity contribution in [2.45, 2.75) is 32.3 Å². The highest BCUT2D eigenvalue weighted by Crippen LogP contribution is 2.30. The predicted octanol–water partition coefficient (Wildman–Crippen LogP) is 4.11. The van der Waals surface area contributed by atoms with Gasteiger partial charge in [-0.05, 0) is 28.8 Å². The quantitative estimate of drug-likeness (QED) is 0.433. The highest BCUT2D eigenvalue weighted by Gasteiger charge is 2.25. The Bertz CT molecular complexity index is 1320. The van der Waals surface area contributed by atoms with Gasteiger partial charge in [0.05, 0.1) is 25.9 Å². The van der Waals surface area contributed by atoms with Gasteiger partial charge in [-0.1, -0.05) is 67.6 Å². The molecule has 0 spiro atoms. The molecule has 0 bridgehead atoms. The zero-order chi connectivity index (χ0) is 26.2. The molecule has 37 heavy (non-hydrogen) atoms. The van der Waals surface area contributed by atoms with Gasteiger partial charge in [0.2, 0.25) is 0 Å². The van der Waals surface area contributed by atoms with E-state index >= 15 is 0 Å². The van der Waals surface area contributed by atoms with Crippen molar-refractivity contribution in [1.82, 2.24) is 15.3 Å². The van der Waals surface area contributed by atoms with Crippen LogP contribution in [-0.4, -0.2) is 36.2 Å². The molecule has 0 aliphatic heterocycles. The van der Waals surface area contributed by atoms with Crippen molar-refractivity contribution < 1.29 is 19.0 Å². The molecule has 2 N–H and O–H groups in total. The van der Waals surface area contributed by atoms with Crippen molar-refractivity contribution in [2.24, 2.45) is 5.92 Å². The number of ether oxygens (including phenoxy) is 3. The van der Waals surface area contributed by atoms with E-state index in [0.29, 0.717) is 18.2 Å². The molecule has 0 radical (unpaired) electrons. The highest BCUT2D eigenvalue weighted by molar-refractivity contribution is 5.94. The van der Waals surface area contributed by atoms with Crippen LogP contribution in [0.4, 0.5) is 0 Å². The van der Waals surface area contributed by atoms with Gasteiger partial charge in [0.1, 0.15) is 23.7 Å². The number of methoxy groups -OCH3 is 2. The normalized spacial score (nSPS) is 17.6. The third-order valence-electron chi connectivity index (χ3n) is 6.23. The monoisotopic (exact) mass is 501 g/mol. The second kappa shape index (κ2) is 12.3. The van der Waals surface area contributed by atoms with E-state index in [1.807, 2.05) is 66.7 Å². The number of aromatic nitrogens is 2. The van der Waals surface area contributed by atoms with Crippen LogP contribution in [0.3, 0.4) is 0 Å². The van der Waals surface area contributed by atoms with Crippen LogP contribution in [0.25, 0.3) is 0 Å². The van der Waals surface area contributed by atoms with Crippen molar-refractivity contribution in [2.75, 3.05) is 14.2 Å². The molecule has 0 saturated carbocycles. The van der Waals surface area contributed by atoms with Gasteiger partial charge in [-0.25, -0.2) is 4.98 Å². The molecule has 1 amide bonds. The van der Waals surface area contributed by atoms with E-state index in [2.05, 4.69) is 28.3 Å². The van der Waals surface area contributed by atoms with E-state index in [0.717, 1.165) is 16.7 Å². The Morgan fingerprint density at radius 1 is 1.08 bits per heavy atom. The summed E-state index contributed by atoms with van der Waals surface area (Å²) < 4.78 is 16.4. The van der Waals surface area contributed by atoms with E-state index in [1.165, 1.54) is 6.20 Å². The first-order valence-electron chi connectivity index (χ1n) is 12.1. The van der Waals surface area contributed by atoms with E-state index < -0.39 is 17.5 Å². The second-order valence-electron chi connectivity index (χ2n) is 8.82. The number of aromatic amines is 1. The third kappa shape index (κ3) is 6.61. The minimum absolute atomic E-state index is 0.0420. The summed E-state index contributed by atoms with van der Waals surface area (Å²) >= 11 is 0. The highest BCUT2D eigenvalue weighted by atomic mass is 16.5. The second-order valence-corrected chi connectivity index (χ2v) is 8.82. The molecule has 1 aromatic heterocycles. The van der Waals surface area contributed by atoms with E-state index in [4.69, 9.17) is 14.2 Å². The van der Waals surface area contributed by atoms with Crippen molar-refractivity contribution in [3.8, 4) is 5.75 Å². The number of rotatable bonds is 10. The Kier molecular flexibility index (Phi) is 8.66. The summed E-state index contributed by atoms with van der Waals surface area (Å²) in [4.78, 5) is 32.9. The number of nitrogens with one attached hydrogen (secondary N) is 2. The number of carbonyl (C=O) groups is 1. The van der Waals surface area contributed by atoms with Crippen molar-refractivity contribution in [1.29, 1.82) is 0 Å². The maximum atomic E-state index is 13.2. The number of hydrogen-bond donors (Lipinski definition) is 2. The molecule has 8 heteroatoms. The predicted molar refractivity (Wildman–Crippen MR) is 140 cm³/mol. The zero-order valence-electron chi connectivity index (χ0n) is 21.1. The summed E-state index contributed by atoms with van der Waals surface area (Å²) in [5, 5.41) is 3.00. The maximum Gasteiger partial charge on any atom is 0.263 e. The molecule has 192 valence electrons. The fraction of sp³-hybridized carbons (Fsp3) is 0.276. The minimum atomic E-state index is -0.528. The number of carbonyl (C=O) groups excluding carboxylic acids is 1. The van der Waals surface area contributed by atoms with Crippen LogP contribution >= 0.6 is 0 Å². The molecule has 2 aromatic carbocycles. The molecule has 0 saturated heterocycles. The number of hydrogen-bond acceptors (Lipinski definition) is 6. The average Bonchev–Trinajstić information content (AvgIpc) is 2.92. The number of nitrogens with zero attached hydrogens (tertiary/aromatic N) is 1. The number of H-pyrrole nitrogens is 1. The summed E-state index contributed by atoms with van der Waals surface area (Å²) in [7, 11) is 3.27. The molecule has 3 aromatic rings. The van der Waals surface area contributed by atoms with Crippen LogP contribution in [-0.2, 0) is 22.7 Å². The molecule has 0 fully saturated rings. The molecule has 3 atom stereocenters. The topological polar surface area (TPSA) is 103 Å². The molecule has 1 aliphatic carbocycles. The molecule has 4 rings (SSSR count). The first kappa shape index (κ1) is 26.1. The van der Waals surface area contributed by atoms with Crippen molar-refractivity contribution in [3.63, 3.8) is 0 Å². The summed E-state index contributed by atoms with van der Waals surface area (Å²) in [6, 6.07) is 16.7. The van der Waals surface area contributed by atoms with Crippen LogP contribution in [0, 0.1) is 5.92 Å². The lowest BCUT2D eigenvalue weighted by Crippen LogP contribution is -2.35. The first-order chi connectivity index (χ1) is 18.0. The lowest BCUT2D eigenvalue weighted by Gasteiger charge is -2.27. The van der Waals surface area contributed by atoms with Gasteiger partial charge in [0.15, 0.2) is 0 Å². The standard InChI is InChI=1S/C29H31N3O5/c1-19-15-22(11-14-25(19)36-3)27(21-9-12-23(35-2)13-10-21)32-29(34)24-16-30-26(31-28(24)33)18-37-17-20-7-5-4-6-8-20/h4-16,19,25,27H,17-18H2,1-3H3,(H,32,34)(H,30,31,33). The SMILES string of the molecule is COc1ccc(C(NC(=O)c2cnc(COCc3ccccc3)[nH]c2=O)C2=CC(C)C(OC)C=C2)cc1. The molecule has 8 nitrogen and oxygen atoms in total. The van der Waals surface area contributed by atoms with Crippen molar-refractivity contribution >= 4 is 5.91 Å². The summed E-state index contributed by atoms with van der Waals surface area (Å²) in [6.45, 7) is 2.57. The Morgan fingerprint density at radius 2 is 1.84 bits per heavy atom. The van der Waals surface area contributed by atoms with E-state index in [1.54, 1.807) is 14.2 Å².